The summed E-state index contributed by atoms with van der Waals surface area (Å²) in [5.74, 6) is 0.306. The molecule has 0 bridgehead atoms. The maximum absolute atomic E-state index is 10.6. The van der Waals surface area contributed by atoms with Crippen molar-refractivity contribution in [2.75, 3.05) is 32.9 Å². The quantitative estimate of drug-likeness (QED) is 0.210. The predicted molar refractivity (Wildman–Crippen MR) is 101 cm³/mol. The second-order valence-corrected chi connectivity index (χ2v) is 8.65. The van der Waals surface area contributed by atoms with E-state index in [2.05, 4.69) is 21.0 Å². The van der Waals surface area contributed by atoms with Gasteiger partial charge in [0.25, 0.3) is 0 Å². The Morgan fingerprint density at radius 1 is 0.696 bits per heavy atom. The van der Waals surface area contributed by atoms with Gasteiger partial charge in [-0.25, -0.2) is 0 Å². The van der Waals surface area contributed by atoms with Gasteiger partial charge in [-0.1, -0.05) is 82.2 Å². The molecule has 140 valence electrons. The van der Waals surface area contributed by atoms with Gasteiger partial charge in [-0.3, -0.25) is 4.21 Å². The number of hydrogen-bond donors (Lipinski definition) is 0. The van der Waals surface area contributed by atoms with Crippen LogP contribution in [0.25, 0.3) is 0 Å². The minimum atomic E-state index is -1.88. The summed E-state index contributed by atoms with van der Waals surface area (Å²) in [6.45, 7) is 4.41. The maximum Gasteiger partial charge on any atom is 0.0790 e. The first kappa shape index (κ1) is 23.1. The monoisotopic (exact) mass is 347 g/mol. The van der Waals surface area contributed by atoms with Gasteiger partial charge in [0.15, 0.2) is 0 Å². The molecule has 0 aliphatic carbocycles. The minimum absolute atomic E-state index is 0.306. The van der Waals surface area contributed by atoms with E-state index in [9.17, 15) is 8.76 Å². The Morgan fingerprint density at radius 3 is 1.52 bits per heavy atom. The first-order valence-corrected chi connectivity index (χ1v) is 11.1. The maximum atomic E-state index is 10.6. The molecule has 3 nitrogen and oxygen atoms in total. The third kappa shape index (κ3) is 18.3. The van der Waals surface area contributed by atoms with Crippen molar-refractivity contribution < 1.29 is 13.2 Å². The van der Waals surface area contributed by atoms with Crippen molar-refractivity contribution in [3.8, 4) is 0 Å². The fourth-order valence-corrected chi connectivity index (χ4v) is 3.47. The Morgan fingerprint density at radius 2 is 1.09 bits per heavy atom. The van der Waals surface area contributed by atoms with E-state index in [1.165, 1.54) is 83.6 Å². The standard InChI is InChI=1S/C19H41NO2S/c1-4-5-6-7-8-9-10-11-12-13-14-15-17-20(2,3)18-16-19-23(21)22/h4-19H2,1-3H3. The summed E-state index contributed by atoms with van der Waals surface area (Å²) < 4.78 is 22.1. The second kappa shape index (κ2) is 15.6. The average Bonchev–Trinajstić information content (AvgIpc) is 2.47. The highest BCUT2D eigenvalue weighted by Crippen LogP contribution is 2.12. The summed E-state index contributed by atoms with van der Waals surface area (Å²) >= 11 is -1.88. The van der Waals surface area contributed by atoms with E-state index in [-0.39, 0.29) is 0 Å². The van der Waals surface area contributed by atoms with Crippen LogP contribution in [0, 0.1) is 0 Å². The molecular weight excluding hydrogens is 306 g/mol. The molecule has 0 aromatic carbocycles. The predicted octanol–water partition coefficient (Wildman–Crippen LogP) is 5.03. The molecule has 0 amide bonds. The van der Waals surface area contributed by atoms with E-state index in [1.54, 1.807) is 0 Å². The van der Waals surface area contributed by atoms with E-state index in [0.717, 1.165) is 17.4 Å². The molecule has 0 radical (unpaired) electrons. The molecule has 0 spiro atoms. The minimum Gasteiger partial charge on any atom is -0.772 e. The fourth-order valence-electron chi connectivity index (χ4n) is 3.10. The third-order valence-corrected chi connectivity index (χ3v) is 5.31. The van der Waals surface area contributed by atoms with Gasteiger partial charge < -0.3 is 9.04 Å². The van der Waals surface area contributed by atoms with Gasteiger partial charge in [-0.15, -0.1) is 0 Å². The third-order valence-electron chi connectivity index (χ3n) is 4.69. The summed E-state index contributed by atoms with van der Waals surface area (Å²) in [6, 6.07) is 0. The number of unbranched alkanes of at least 4 members (excludes halogenated alkanes) is 11. The Kier molecular flexibility index (Phi) is 15.6. The van der Waals surface area contributed by atoms with Crippen LogP contribution in [0.1, 0.15) is 90.4 Å². The van der Waals surface area contributed by atoms with Crippen LogP contribution in [0.15, 0.2) is 0 Å². The Balaban J connectivity index is 3.29. The van der Waals surface area contributed by atoms with Crippen LogP contribution in [0.5, 0.6) is 0 Å². The molecule has 0 rings (SSSR count). The van der Waals surface area contributed by atoms with Gasteiger partial charge in [0.2, 0.25) is 0 Å². The molecular formula is C19H41NO2S. The molecule has 0 heterocycles. The molecule has 0 N–H and O–H groups in total. The Labute approximate surface area is 148 Å². The Hall–Kier alpha value is 0.0700. The van der Waals surface area contributed by atoms with Crippen molar-refractivity contribution in [3.63, 3.8) is 0 Å². The SMILES string of the molecule is CCCCCCCCCCCCCC[N+](C)(C)CCCS(=O)[O-]. The molecule has 0 saturated carbocycles. The highest BCUT2D eigenvalue weighted by Gasteiger charge is 2.13. The van der Waals surface area contributed by atoms with Crippen LogP contribution in [-0.4, -0.2) is 46.2 Å². The smallest absolute Gasteiger partial charge is 0.0790 e. The van der Waals surface area contributed by atoms with E-state index < -0.39 is 11.1 Å². The van der Waals surface area contributed by atoms with E-state index >= 15 is 0 Å². The van der Waals surface area contributed by atoms with Crippen LogP contribution < -0.4 is 0 Å². The molecule has 0 fully saturated rings. The van der Waals surface area contributed by atoms with Crippen LogP contribution in [-0.2, 0) is 11.1 Å². The van der Waals surface area contributed by atoms with E-state index in [1.807, 2.05) is 0 Å². The van der Waals surface area contributed by atoms with E-state index in [4.69, 9.17) is 0 Å². The summed E-state index contributed by atoms with van der Waals surface area (Å²) in [5.41, 5.74) is 0. The number of hydrogen-bond acceptors (Lipinski definition) is 2. The summed E-state index contributed by atoms with van der Waals surface area (Å²) in [7, 11) is 4.43. The van der Waals surface area contributed by atoms with Gasteiger partial charge in [0.05, 0.1) is 27.2 Å². The van der Waals surface area contributed by atoms with Crippen molar-refractivity contribution in [1.82, 2.24) is 0 Å². The Bertz CT molecular complexity index is 283. The van der Waals surface area contributed by atoms with Crippen LogP contribution in [0.3, 0.4) is 0 Å². The molecule has 0 saturated heterocycles. The normalized spacial score (nSPS) is 13.4. The van der Waals surface area contributed by atoms with Gasteiger partial charge >= 0.3 is 0 Å². The lowest BCUT2D eigenvalue weighted by molar-refractivity contribution is -0.890. The van der Waals surface area contributed by atoms with Crippen molar-refractivity contribution in [2.24, 2.45) is 0 Å². The number of quaternary nitrogens is 1. The number of nitrogens with zero attached hydrogens (tertiary/aromatic N) is 1. The lowest BCUT2D eigenvalue weighted by atomic mass is 10.1. The topological polar surface area (TPSA) is 40.1 Å². The van der Waals surface area contributed by atoms with Crippen molar-refractivity contribution in [2.45, 2.75) is 90.4 Å². The summed E-state index contributed by atoms with van der Waals surface area (Å²) in [6.07, 6.45) is 17.4. The van der Waals surface area contributed by atoms with E-state index in [0.29, 0.717) is 5.75 Å². The zero-order chi connectivity index (χ0) is 17.4. The molecule has 4 heteroatoms. The molecule has 0 aromatic heterocycles. The van der Waals surface area contributed by atoms with Crippen molar-refractivity contribution in [3.05, 3.63) is 0 Å². The molecule has 0 aliphatic rings. The van der Waals surface area contributed by atoms with Crippen LogP contribution in [0.2, 0.25) is 0 Å². The zero-order valence-electron chi connectivity index (χ0n) is 16.0. The molecule has 0 aromatic rings. The second-order valence-electron chi connectivity index (χ2n) is 7.63. The fraction of sp³-hybridized carbons (Fsp3) is 1.00. The lowest BCUT2D eigenvalue weighted by Crippen LogP contribution is -2.41. The van der Waals surface area contributed by atoms with Crippen molar-refractivity contribution >= 4 is 11.1 Å². The van der Waals surface area contributed by atoms with Crippen LogP contribution in [0.4, 0.5) is 0 Å². The average molecular weight is 348 g/mol. The first-order chi connectivity index (χ1) is 11.0. The van der Waals surface area contributed by atoms with Gasteiger partial charge in [-0.2, -0.15) is 0 Å². The molecule has 1 atom stereocenters. The van der Waals surface area contributed by atoms with Crippen molar-refractivity contribution in [1.29, 1.82) is 0 Å². The number of rotatable bonds is 17. The largest absolute Gasteiger partial charge is 0.772 e. The van der Waals surface area contributed by atoms with Gasteiger partial charge in [0, 0.05) is 12.2 Å². The van der Waals surface area contributed by atoms with Gasteiger partial charge in [0.1, 0.15) is 0 Å². The highest BCUT2D eigenvalue weighted by atomic mass is 32.2. The van der Waals surface area contributed by atoms with Crippen LogP contribution >= 0.6 is 0 Å². The van der Waals surface area contributed by atoms with Gasteiger partial charge in [-0.05, 0) is 12.8 Å². The lowest BCUT2D eigenvalue weighted by Gasteiger charge is -2.30. The molecule has 0 aliphatic heterocycles. The molecule has 1 unspecified atom stereocenters. The zero-order valence-corrected chi connectivity index (χ0v) is 16.8. The molecule has 23 heavy (non-hydrogen) atoms. The first-order valence-electron chi connectivity index (χ1n) is 9.86. The summed E-state index contributed by atoms with van der Waals surface area (Å²) in [5, 5.41) is 0. The highest BCUT2D eigenvalue weighted by molar-refractivity contribution is 7.79. The summed E-state index contributed by atoms with van der Waals surface area (Å²) in [4.78, 5) is 0.